The fourth-order valence-corrected chi connectivity index (χ4v) is 4.42. The number of nitrogens with one attached hydrogen (secondary N) is 2. The summed E-state index contributed by atoms with van der Waals surface area (Å²) in [6.45, 7) is 4.87. The van der Waals surface area contributed by atoms with Gasteiger partial charge in [0.05, 0.1) is 24.0 Å². The molecule has 0 bridgehead atoms. The Hall–Kier alpha value is -4.19. The van der Waals surface area contributed by atoms with Crippen molar-refractivity contribution < 1.29 is 28.3 Å². The number of amides is 3. The molecule has 1 heterocycles. The first-order valence-electron chi connectivity index (χ1n) is 13.1. The molecule has 3 aromatic rings. The van der Waals surface area contributed by atoms with Crippen LogP contribution in [0.2, 0.25) is 0 Å². The van der Waals surface area contributed by atoms with Gasteiger partial charge in [0.25, 0.3) is 11.8 Å². The number of aliphatic hydroxyl groups excluding tert-OH is 1. The van der Waals surface area contributed by atoms with Crippen molar-refractivity contribution in [2.24, 2.45) is 5.73 Å². The number of primary amides is 1. The average Bonchev–Trinajstić information content (AvgIpc) is 3.43. The zero-order valence-electron chi connectivity index (χ0n) is 22.5. The summed E-state index contributed by atoms with van der Waals surface area (Å²) in [5, 5.41) is 23.7. The zero-order chi connectivity index (χ0) is 29.2. The molecule has 0 spiro atoms. The Labute approximate surface area is 230 Å². The number of benzene rings is 2. The van der Waals surface area contributed by atoms with Crippen LogP contribution in [-0.2, 0) is 12.8 Å². The highest BCUT2D eigenvalue weighted by atomic mass is 19.1. The summed E-state index contributed by atoms with van der Waals surface area (Å²) in [7, 11) is 0. The third kappa shape index (κ3) is 8.40. The molecule has 0 aliphatic carbocycles. The molecule has 2 atom stereocenters. The lowest BCUT2D eigenvalue weighted by Crippen LogP contribution is -2.45. The number of aromatic amines is 1. The number of aliphatic hydroxyl groups is 1. The minimum atomic E-state index is -1.14. The van der Waals surface area contributed by atoms with Crippen LogP contribution in [0, 0.1) is 11.6 Å². The number of carbonyl (C=O) groups is 3. The molecule has 214 valence electrons. The second-order valence-corrected chi connectivity index (χ2v) is 9.60. The summed E-state index contributed by atoms with van der Waals surface area (Å²) < 4.78 is 27.7. The van der Waals surface area contributed by atoms with Gasteiger partial charge in [0.2, 0.25) is 5.91 Å². The Morgan fingerprint density at radius 3 is 2.20 bits per heavy atom. The SMILES string of the molecule is CCCN(CCC)C(=O)c1cc(C(N)=O)cc(C(=O)NC(Cc2cc(F)cc(F)c2)C(O)CCc2cnn[nH]2)c1. The van der Waals surface area contributed by atoms with Gasteiger partial charge in [-0.2, -0.15) is 0 Å². The second kappa shape index (κ2) is 14.3. The van der Waals surface area contributed by atoms with E-state index in [2.05, 4.69) is 20.7 Å². The van der Waals surface area contributed by atoms with Gasteiger partial charge in [-0.05, 0) is 68.0 Å². The topological polar surface area (TPSA) is 154 Å². The summed E-state index contributed by atoms with van der Waals surface area (Å²) >= 11 is 0. The second-order valence-electron chi connectivity index (χ2n) is 9.60. The Bertz CT molecular complexity index is 1290. The highest BCUT2D eigenvalue weighted by molar-refractivity contribution is 6.04. The van der Waals surface area contributed by atoms with E-state index in [-0.39, 0.29) is 41.0 Å². The molecule has 2 aromatic carbocycles. The predicted octanol–water partition coefficient (Wildman–Crippen LogP) is 2.78. The van der Waals surface area contributed by atoms with Gasteiger partial charge in [-0.15, -0.1) is 5.10 Å². The lowest BCUT2D eigenvalue weighted by atomic mass is 9.96. The minimum absolute atomic E-state index is 0.0204. The van der Waals surface area contributed by atoms with Crippen molar-refractivity contribution in [2.45, 2.75) is 58.1 Å². The van der Waals surface area contributed by atoms with Crippen LogP contribution in [-0.4, -0.2) is 68.4 Å². The van der Waals surface area contributed by atoms with Gasteiger partial charge in [-0.3, -0.25) is 19.5 Å². The van der Waals surface area contributed by atoms with Crippen LogP contribution >= 0.6 is 0 Å². The standard InChI is InChI=1S/C28H34F2N6O4/c1-3-7-36(8-4-2)28(40)20-13-18(26(31)38)12-19(14-20)27(39)33-24(11-17-9-21(29)15-22(30)10-17)25(37)6-5-23-16-32-35-34-23/h9-10,12-16,24-25,37H,3-8,11H2,1-2H3,(H2,31,38)(H,33,39)(H,32,34,35). The maximum atomic E-state index is 13.9. The maximum Gasteiger partial charge on any atom is 0.253 e. The molecule has 2 unspecified atom stereocenters. The third-order valence-corrected chi connectivity index (χ3v) is 6.33. The van der Waals surface area contributed by atoms with Crippen molar-refractivity contribution in [3.63, 3.8) is 0 Å². The van der Waals surface area contributed by atoms with Crippen LogP contribution < -0.4 is 11.1 Å². The Morgan fingerprint density at radius 1 is 1.00 bits per heavy atom. The van der Waals surface area contributed by atoms with Crippen LogP contribution in [0.3, 0.4) is 0 Å². The van der Waals surface area contributed by atoms with E-state index in [1.165, 1.54) is 24.4 Å². The van der Waals surface area contributed by atoms with Gasteiger partial charge in [0, 0.05) is 35.8 Å². The van der Waals surface area contributed by atoms with Crippen molar-refractivity contribution in [1.82, 2.24) is 25.6 Å². The van der Waals surface area contributed by atoms with E-state index in [4.69, 9.17) is 5.73 Å². The summed E-state index contributed by atoms with van der Waals surface area (Å²) in [6.07, 6.45) is 2.23. The molecular weight excluding hydrogens is 522 g/mol. The molecular formula is C28H34F2N6O4. The van der Waals surface area contributed by atoms with E-state index >= 15 is 0 Å². The number of rotatable bonds is 14. The van der Waals surface area contributed by atoms with Crippen molar-refractivity contribution >= 4 is 17.7 Å². The molecule has 0 fully saturated rings. The van der Waals surface area contributed by atoms with Gasteiger partial charge in [0.15, 0.2) is 0 Å². The smallest absolute Gasteiger partial charge is 0.253 e. The summed E-state index contributed by atoms with van der Waals surface area (Å²) in [5.41, 5.74) is 6.45. The number of H-pyrrole nitrogens is 1. The van der Waals surface area contributed by atoms with Crippen molar-refractivity contribution in [3.8, 4) is 0 Å². The molecule has 5 N–H and O–H groups in total. The molecule has 1 aromatic heterocycles. The first-order valence-corrected chi connectivity index (χ1v) is 13.1. The molecule has 0 aliphatic heterocycles. The van der Waals surface area contributed by atoms with Gasteiger partial charge in [-0.1, -0.05) is 19.1 Å². The fourth-order valence-electron chi connectivity index (χ4n) is 4.42. The van der Waals surface area contributed by atoms with Gasteiger partial charge < -0.3 is 21.1 Å². The minimum Gasteiger partial charge on any atom is -0.391 e. The van der Waals surface area contributed by atoms with Crippen molar-refractivity contribution in [3.05, 3.63) is 82.2 Å². The monoisotopic (exact) mass is 556 g/mol. The number of hydrogen-bond acceptors (Lipinski definition) is 6. The van der Waals surface area contributed by atoms with Crippen LogP contribution in [0.4, 0.5) is 8.78 Å². The normalized spacial score (nSPS) is 12.5. The van der Waals surface area contributed by atoms with E-state index < -0.39 is 35.6 Å². The Kier molecular flexibility index (Phi) is 10.8. The van der Waals surface area contributed by atoms with E-state index in [9.17, 15) is 28.3 Å². The molecule has 0 radical (unpaired) electrons. The average molecular weight is 557 g/mol. The molecule has 3 amide bonds. The number of aryl methyl sites for hydroxylation is 1. The van der Waals surface area contributed by atoms with Gasteiger partial charge >= 0.3 is 0 Å². The van der Waals surface area contributed by atoms with E-state index in [0.717, 1.165) is 31.0 Å². The van der Waals surface area contributed by atoms with Crippen LogP contribution in [0.25, 0.3) is 0 Å². The van der Waals surface area contributed by atoms with Gasteiger partial charge in [-0.25, -0.2) is 8.78 Å². The highest BCUT2D eigenvalue weighted by Gasteiger charge is 2.25. The fraction of sp³-hybridized carbons (Fsp3) is 0.393. The number of halogens is 2. The molecule has 12 heteroatoms. The largest absolute Gasteiger partial charge is 0.391 e. The lowest BCUT2D eigenvalue weighted by molar-refractivity contribution is 0.0755. The Balaban J connectivity index is 1.90. The maximum absolute atomic E-state index is 13.9. The first kappa shape index (κ1) is 30.4. The quantitative estimate of drug-likeness (QED) is 0.239. The molecule has 0 saturated carbocycles. The molecule has 0 aliphatic rings. The molecule has 40 heavy (non-hydrogen) atoms. The van der Waals surface area contributed by atoms with Crippen molar-refractivity contribution in [1.29, 1.82) is 0 Å². The Morgan fingerprint density at radius 2 is 1.62 bits per heavy atom. The van der Waals surface area contributed by atoms with E-state index in [1.807, 2.05) is 13.8 Å². The number of nitrogens with two attached hydrogens (primary N) is 1. The van der Waals surface area contributed by atoms with E-state index in [0.29, 0.717) is 25.2 Å². The van der Waals surface area contributed by atoms with Crippen LogP contribution in [0.5, 0.6) is 0 Å². The molecule has 3 rings (SSSR count). The summed E-state index contributed by atoms with van der Waals surface area (Å²) in [5.74, 6) is -3.45. The highest BCUT2D eigenvalue weighted by Crippen LogP contribution is 2.17. The van der Waals surface area contributed by atoms with Crippen LogP contribution in [0.15, 0.2) is 42.6 Å². The third-order valence-electron chi connectivity index (χ3n) is 6.33. The summed E-state index contributed by atoms with van der Waals surface area (Å²) in [4.78, 5) is 40.3. The number of hydrogen-bond donors (Lipinski definition) is 4. The van der Waals surface area contributed by atoms with Crippen molar-refractivity contribution in [2.75, 3.05) is 13.1 Å². The number of nitrogens with zero attached hydrogens (tertiary/aromatic N) is 3. The molecule has 10 nitrogen and oxygen atoms in total. The van der Waals surface area contributed by atoms with E-state index in [1.54, 1.807) is 4.90 Å². The van der Waals surface area contributed by atoms with Crippen LogP contribution in [0.1, 0.15) is 75.4 Å². The molecule has 0 saturated heterocycles. The number of aromatic nitrogens is 3. The summed E-state index contributed by atoms with van der Waals surface area (Å²) in [6, 6.07) is 5.97. The van der Waals surface area contributed by atoms with Gasteiger partial charge in [0.1, 0.15) is 11.6 Å². The lowest BCUT2D eigenvalue weighted by Gasteiger charge is -2.25. The predicted molar refractivity (Wildman–Crippen MR) is 143 cm³/mol. The zero-order valence-corrected chi connectivity index (χ0v) is 22.5. The number of carbonyl (C=O) groups excluding carboxylic acids is 3. The first-order chi connectivity index (χ1) is 19.1.